The Morgan fingerprint density at radius 1 is 1.25 bits per heavy atom. The minimum absolute atomic E-state index is 0.0591. The van der Waals surface area contributed by atoms with E-state index in [-0.39, 0.29) is 5.41 Å². The van der Waals surface area contributed by atoms with Gasteiger partial charge in [0.05, 0.1) is 13.1 Å². The highest BCUT2D eigenvalue weighted by atomic mass is 127. The van der Waals surface area contributed by atoms with E-state index in [0.29, 0.717) is 0 Å². The highest BCUT2D eigenvalue weighted by Crippen LogP contribution is 2.27. The van der Waals surface area contributed by atoms with Gasteiger partial charge in [0, 0.05) is 20.9 Å². The van der Waals surface area contributed by atoms with E-state index in [0.717, 1.165) is 14.3 Å². The van der Waals surface area contributed by atoms with Crippen LogP contribution in [0.1, 0.15) is 26.5 Å². The third kappa shape index (κ3) is 2.99. The molecule has 0 aromatic carbocycles. The lowest BCUT2D eigenvalue weighted by Gasteiger charge is -2.29. The molecule has 1 aromatic heterocycles. The van der Waals surface area contributed by atoms with Crippen molar-refractivity contribution in [1.29, 1.82) is 0 Å². The number of rotatable bonds is 1. The van der Waals surface area contributed by atoms with Crippen LogP contribution in [-0.2, 0) is 5.41 Å². The molecule has 0 aliphatic heterocycles. The van der Waals surface area contributed by atoms with Gasteiger partial charge in [0.2, 0.25) is 0 Å². The number of hydrogen-bond acceptors (Lipinski definition) is 1. The molecule has 0 spiro atoms. The Labute approximate surface area is 118 Å². The number of halogens is 2. The molecule has 0 aliphatic carbocycles. The second kappa shape index (κ2) is 4.57. The largest absolute Gasteiger partial charge is 0.260 e. The first kappa shape index (κ1) is 14.4. The first-order valence-electron chi connectivity index (χ1n) is 5.40. The Morgan fingerprint density at radius 2 is 1.75 bits per heavy atom. The van der Waals surface area contributed by atoms with Crippen LogP contribution in [0.15, 0.2) is 6.20 Å². The average molecular weight is 368 g/mol. The zero-order chi connectivity index (χ0) is 12.7. The zero-order valence-electron chi connectivity index (χ0n) is 10.8. The van der Waals surface area contributed by atoms with Gasteiger partial charge in [-0.05, 0) is 27.8 Å². The Kier molecular flexibility index (Phi) is 4.13. The molecule has 16 heavy (non-hydrogen) atoms. The Balaban J connectivity index is 3.59. The fourth-order valence-electron chi connectivity index (χ4n) is 1.72. The van der Waals surface area contributed by atoms with Crippen molar-refractivity contribution in [3.05, 3.63) is 20.5 Å². The van der Waals surface area contributed by atoms with E-state index in [4.69, 9.17) is 11.6 Å². The molecule has 0 atom stereocenters. The maximum Gasteiger partial charge on any atom is 0.0820 e. The fraction of sp³-hybridized carbons (Fsp3) is 0.583. The van der Waals surface area contributed by atoms with Crippen LogP contribution in [-0.4, -0.2) is 13.1 Å². The first-order chi connectivity index (χ1) is 7.05. The van der Waals surface area contributed by atoms with Gasteiger partial charge in [-0.2, -0.15) is 0 Å². The van der Waals surface area contributed by atoms with Crippen molar-refractivity contribution in [2.24, 2.45) is 0 Å². The van der Waals surface area contributed by atoms with Crippen LogP contribution in [0.25, 0.3) is 0 Å². The molecule has 0 saturated heterocycles. The summed E-state index contributed by atoms with van der Waals surface area (Å²) in [5.41, 5.74) is 1.22. The lowest BCUT2D eigenvalue weighted by atomic mass is 9.91. The SMILES string of the molecule is CC(C)(C)c1ncc(I)c(Cl)c1[Si](C)(C)C. The second-order valence-electron chi connectivity index (χ2n) is 6.14. The maximum atomic E-state index is 6.48. The van der Waals surface area contributed by atoms with Gasteiger partial charge in [-0.25, -0.2) is 0 Å². The predicted octanol–water partition coefficient (Wildman–Crippen LogP) is 4.18. The van der Waals surface area contributed by atoms with Crippen molar-refractivity contribution in [2.75, 3.05) is 0 Å². The number of pyridine rings is 1. The average Bonchev–Trinajstić information content (AvgIpc) is 2.05. The normalized spacial score (nSPS) is 13.0. The van der Waals surface area contributed by atoms with E-state index in [1.807, 2.05) is 6.20 Å². The number of nitrogens with zero attached hydrogens (tertiary/aromatic N) is 1. The van der Waals surface area contributed by atoms with Crippen LogP contribution >= 0.6 is 34.2 Å². The van der Waals surface area contributed by atoms with Crippen molar-refractivity contribution in [2.45, 2.75) is 45.8 Å². The Hall–Kier alpha value is 0.387. The summed E-state index contributed by atoms with van der Waals surface area (Å²) in [6.07, 6.45) is 1.88. The van der Waals surface area contributed by atoms with Gasteiger partial charge in [-0.3, -0.25) is 4.98 Å². The van der Waals surface area contributed by atoms with Crippen molar-refractivity contribution in [3.63, 3.8) is 0 Å². The summed E-state index contributed by atoms with van der Waals surface area (Å²) >= 11 is 8.74. The van der Waals surface area contributed by atoms with Crippen LogP contribution in [0.4, 0.5) is 0 Å². The lowest BCUT2D eigenvalue weighted by molar-refractivity contribution is 0.572. The van der Waals surface area contributed by atoms with Crippen LogP contribution in [0.2, 0.25) is 24.7 Å². The van der Waals surface area contributed by atoms with Crippen molar-refractivity contribution < 1.29 is 0 Å². The van der Waals surface area contributed by atoms with Crippen molar-refractivity contribution in [1.82, 2.24) is 4.98 Å². The van der Waals surface area contributed by atoms with Crippen LogP contribution in [0, 0.1) is 3.57 Å². The van der Waals surface area contributed by atoms with Crippen LogP contribution in [0.5, 0.6) is 0 Å². The summed E-state index contributed by atoms with van der Waals surface area (Å²) < 4.78 is 1.06. The summed E-state index contributed by atoms with van der Waals surface area (Å²) in [4.78, 5) is 4.62. The third-order valence-electron chi connectivity index (χ3n) is 2.43. The van der Waals surface area contributed by atoms with E-state index in [2.05, 4.69) is 68.0 Å². The topological polar surface area (TPSA) is 12.9 Å². The van der Waals surface area contributed by atoms with E-state index in [1.54, 1.807) is 0 Å². The molecule has 0 radical (unpaired) electrons. The monoisotopic (exact) mass is 367 g/mol. The second-order valence-corrected chi connectivity index (χ2v) is 12.7. The van der Waals surface area contributed by atoms with Crippen LogP contribution < -0.4 is 5.19 Å². The fourth-order valence-corrected chi connectivity index (χ4v) is 5.31. The van der Waals surface area contributed by atoms with Gasteiger partial charge in [-0.15, -0.1) is 0 Å². The van der Waals surface area contributed by atoms with Crippen LogP contribution in [0.3, 0.4) is 0 Å². The highest BCUT2D eigenvalue weighted by molar-refractivity contribution is 14.1. The molecular weight excluding hydrogens is 349 g/mol. The maximum absolute atomic E-state index is 6.48. The molecule has 0 saturated carbocycles. The van der Waals surface area contributed by atoms with E-state index in [9.17, 15) is 0 Å². The molecule has 0 aliphatic rings. The predicted molar refractivity (Wildman–Crippen MR) is 83.6 cm³/mol. The van der Waals surface area contributed by atoms with E-state index >= 15 is 0 Å². The highest BCUT2D eigenvalue weighted by Gasteiger charge is 2.30. The van der Waals surface area contributed by atoms with Gasteiger partial charge in [0.25, 0.3) is 0 Å². The Morgan fingerprint density at radius 3 is 2.12 bits per heavy atom. The van der Waals surface area contributed by atoms with Gasteiger partial charge in [0.15, 0.2) is 0 Å². The molecule has 0 fully saturated rings. The zero-order valence-corrected chi connectivity index (χ0v) is 14.7. The number of aromatic nitrogens is 1. The van der Waals surface area contributed by atoms with Crippen molar-refractivity contribution >= 4 is 47.5 Å². The summed E-state index contributed by atoms with van der Waals surface area (Å²) in [6, 6.07) is 0. The summed E-state index contributed by atoms with van der Waals surface area (Å²) in [7, 11) is -1.46. The standard InChI is InChI=1S/C12H19ClINSi/c1-12(2,3)11-10(16(4,5)6)9(13)8(14)7-15-11/h7H,1-6H3. The summed E-state index contributed by atoms with van der Waals surface area (Å²) in [5.74, 6) is 0. The van der Waals surface area contributed by atoms with Gasteiger partial charge in [0.1, 0.15) is 0 Å². The lowest BCUT2D eigenvalue weighted by Crippen LogP contribution is -2.45. The van der Waals surface area contributed by atoms with Gasteiger partial charge in [-0.1, -0.05) is 52.0 Å². The quantitative estimate of drug-likeness (QED) is 0.536. The first-order valence-corrected chi connectivity index (χ1v) is 10.4. The molecule has 4 heteroatoms. The molecule has 90 valence electrons. The number of hydrogen-bond donors (Lipinski definition) is 0. The van der Waals surface area contributed by atoms with Gasteiger partial charge >= 0.3 is 0 Å². The molecule has 0 amide bonds. The van der Waals surface area contributed by atoms with Crippen molar-refractivity contribution in [3.8, 4) is 0 Å². The molecular formula is C12H19ClINSi. The smallest absolute Gasteiger partial charge is 0.0820 e. The molecule has 1 aromatic rings. The molecule has 1 heterocycles. The molecule has 0 bridgehead atoms. The third-order valence-corrected chi connectivity index (χ3v) is 6.11. The Bertz CT molecular complexity index is 405. The summed E-state index contributed by atoms with van der Waals surface area (Å²) in [6.45, 7) is 13.6. The van der Waals surface area contributed by atoms with E-state index in [1.165, 1.54) is 5.19 Å². The van der Waals surface area contributed by atoms with E-state index < -0.39 is 8.07 Å². The minimum atomic E-state index is -1.46. The molecule has 1 rings (SSSR count). The molecule has 0 N–H and O–H groups in total. The molecule has 0 unspecified atom stereocenters. The minimum Gasteiger partial charge on any atom is -0.260 e. The van der Waals surface area contributed by atoms with Gasteiger partial charge < -0.3 is 0 Å². The molecule has 1 nitrogen and oxygen atoms in total. The summed E-state index contributed by atoms with van der Waals surface area (Å²) in [5, 5.41) is 2.23.